The molecular formula is C22H25N3O9S. The number of ether oxygens (including phenoxy) is 4. The number of carbonyl (C=O) groups excluding carboxylic acids is 4. The first-order valence-corrected chi connectivity index (χ1v) is 11.0. The quantitative estimate of drug-likeness (QED) is 0.332. The fourth-order valence-corrected chi connectivity index (χ4v) is 3.89. The van der Waals surface area contributed by atoms with Gasteiger partial charge in [0.25, 0.3) is 4.84 Å². The highest BCUT2D eigenvalue weighted by molar-refractivity contribution is 7.71. The minimum atomic E-state index is -1.24. The highest BCUT2D eigenvalue weighted by Gasteiger charge is 2.52. The molecule has 3 rings (SSSR count). The van der Waals surface area contributed by atoms with Crippen LogP contribution in [0.25, 0.3) is 11.5 Å². The number of hydrogen-bond acceptors (Lipinski definition) is 11. The van der Waals surface area contributed by atoms with E-state index in [0.29, 0.717) is 5.56 Å². The molecule has 5 unspecified atom stereocenters. The van der Waals surface area contributed by atoms with Crippen molar-refractivity contribution in [1.29, 1.82) is 0 Å². The van der Waals surface area contributed by atoms with E-state index in [1.165, 1.54) is 18.5 Å². The van der Waals surface area contributed by atoms with Crippen LogP contribution in [-0.4, -0.2) is 64.6 Å². The number of nitrogens with one attached hydrogen (secondary N) is 1. The van der Waals surface area contributed by atoms with Gasteiger partial charge < -0.3 is 28.7 Å². The zero-order chi connectivity index (χ0) is 25.7. The molecule has 12 nitrogen and oxygen atoms in total. The van der Waals surface area contributed by atoms with E-state index in [9.17, 15) is 19.2 Å². The molecule has 1 aliphatic heterocycles. The summed E-state index contributed by atoms with van der Waals surface area (Å²) < 4.78 is 28.9. The van der Waals surface area contributed by atoms with Crippen molar-refractivity contribution in [3.05, 3.63) is 35.2 Å². The van der Waals surface area contributed by atoms with Crippen LogP contribution in [-0.2, 0) is 38.1 Å². The van der Waals surface area contributed by atoms with Crippen molar-refractivity contribution in [2.45, 2.75) is 58.3 Å². The summed E-state index contributed by atoms with van der Waals surface area (Å²) in [6.45, 7) is 4.43. The molecule has 13 heteroatoms. The van der Waals surface area contributed by atoms with Crippen LogP contribution in [0.15, 0.2) is 34.7 Å². The summed E-state index contributed by atoms with van der Waals surface area (Å²) in [7, 11) is 0. The van der Waals surface area contributed by atoms with Crippen LogP contribution in [0.1, 0.15) is 33.9 Å². The van der Waals surface area contributed by atoms with Crippen molar-refractivity contribution >= 4 is 36.0 Å². The largest absolute Gasteiger partial charge is 0.463 e. The molecule has 0 saturated carbocycles. The molecule has 1 amide bonds. The average Bonchev–Trinajstić information content (AvgIpc) is 3.16. The number of hydrogen-bond donors (Lipinski definition) is 1. The molecule has 35 heavy (non-hydrogen) atoms. The van der Waals surface area contributed by atoms with Crippen molar-refractivity contribution in [3.63, 3.8) is 0 Å². The number of rotatable bonds is 7. The van der Waals surface area contributed by atoms with E-state index in [-0.39, 0.29) is 17.3 Å². The fraction of sp³-hybridized carbons (Fsp3) is 0.455. The standard InChI is InChI=1S/C22H25N3O9S/c1-11(26)23-17-19(32-14(4)29)18(31-13(3)28)16(10-30-12(2)27)33-21(17)25-22(35)34-20(24-25)15-8-6-5-7-9-15/h5-9,16-19,21H,10H2,1-4H3,(H,23,26). The third-order valence-corrected chi connectivity index (χ3v) is 5.19. The molecule has 1 N–H and O–H groups in total. The van der Waals surface area contributed by atoms with Gasteiger partial charge in [-0.2, -0.15) is 4.68 Å². The first kappa shape index (κ1) is 26.0. The van der Waals surface area contributed by atoms with Gasteiger partial charge in [0.15, 0.2) is 18.4 Å². The molecule has 0 radical (unpaired) electrons. The summed E-state index contributed by atoms with van der Waals surface area (Å²) in [6.07, 6.45) is -4.73. The van der Waals surface area contributed by atoms with Gasteiger partial charge >= 0.3 is 17.9 Å². The molecule has 0 spiro atoms. The maximum atomic E-state index is 12.1. The van der Waals surface area contributed by atoms with Gasteiger partial charge in [-0.05, 0) is 24.4 Å². The third-order valence-electron chi connectivity index (χ3n) is 4.92. The van der Waals surface area contributed by atoms with Gasteiger partial charge in [-0.25, -0.2) is 0 Å². The summed E-state index contributed by atoms with van der Waals surface area (Å²) in [5.41, 5.74) is 0.634. The van der Waals surface area contributed by atoms with Crippen LogP contribution in [0.4, 0.5) is 0 Å². The Kier molecular flexibility index (Phi) is 8.35. The van der Waals surface area contributed by atoms with E-state index in [1.807, 2.05) is 6.07 Å². The molecule has 0 aliphatic carbocycles. The van der Waals surface area contributed by atoms with Crippen molar-refractivity contribution in [1.82, 2.24) is 15.1 Å². The third kappa shape index (κ3) is 6.51. The smallest absolute Gasteiger partial charge is 0.303 e. The second-order valence-corrected chi connectivity index (χ2v) is 8.08. The number of nitrogens with zero attached hydrogens (tertiary/aromatic N) is 2. The van der Waals surface area contributed by atoms with Gasteiger partial charge in [-0.1, -0.05) is 18.2 Å². The van der Waals surface area contributed by atoms with Crippen LogP contribution in [0, 0.1) is 4.84 Å². The SMILES string of the molecule is CC(=O)NC1C(OC(C)=O)C(OC(C)=O)C(COC(C)=O)OC1n1nc(-c2ccccc2)oc1=S. The van der Waals surface area contributed by atoms with Crippen LogP contribution in [0.5, 0.6) is 0 Å². The number of esters is 3. The lowest BCUT2D eigenvalue weighted by Gasteiger charge is -2.44. The Morgan fingerprint density at radius 3 is 2.20 bits per heavy atom. The topological polar surface area (TPSA) is 148 Å². The maximum absolute atomic E-state index is 12.1. The maximum Gasteiger partial charge on any atom is 0.303 e. The Morgan fingerprint density at radius 1 is 1.00 bits per heavy atom. The first-order chi connectivity index (χ1) is 16.6. The molecule has 2 heterocycles. The summed E-state index contributed by atoms with van der Waals surface area (Å²) in [5, 5.41) is 7.07. The van der Waals surface area contributed by atoms with Gasteiger partial charge in [0.1, 0.15) is 18.8 Å². The average molecular weight is 508 g/mol. The van der Waals surface area contributed by atoms with Crippen molar-refractivity contribution in [3.8, 4) is 11.5 Å². The predicted molar refractivity (Wildman–Crippen MR) is 120 cm³/mol. The van der Waals surface area contributed by atoms with Crippen molar-refractivity contribution < 1.29 is 42.5 Å². The highest BCUT2D eigenvalue weighted by Crippen LogP contribution is 2.33. The van der Waals surface area contributed by atoms with Gasteiger partial charge in [0.2, 0.25) is 11.8 Å². The molecule has 2 aromatic rings. The van der Waals surface area contributed by atoms with Crippen LogP contribution < -0.4 is 5.32 Å². The lowest BCUT2D eigenvalue weighted by molar-refractivity contribution is -0.239. The molecule has 188 valence electrons. The molecule has 0 bridgehead atoms. The summed E-state index contributed by atoms with van der Waals surface area (Å²) in [4.78, 5) is 47.3. The number of aromatic nitrogens is 2. The Labute approximate surface area is 205 Å². The molecule has 1 fully saturated rings. The highest BCUT2D eigenvalue weighted by atomic mass is 32.1. The molecular weight excluding hydrogens is 482 g/mol. The normalized spacial score (nSPS) is 23.7. The minimum absolute atomic E-state index is 0.0945. The monoisotopic (exact) mass is 507 g/mol. The zero-order valence-electron chi connectivity index (χ0n) is 19.5. The van der Waals surface area contributed by atoms with Gasteiger partial charge in [0.05, 0.1) is 0 Å². The summed E-state index contributed by atoms with van der Waals surface area (Å²) in [6, 6.07) is 7.83. The van der Waals surface area contributed by atoms with E-state index in [0.717, 1.165) is 13.8 Å². The van der Waals surface area contributed by atoms with Crippen LogP contribution >= 0.6 is 12.2 Å². The van der Waals surface area contributed by atoms with Gasteiger partial charge in [-0.3, -0.25) is 19.2 Å². The van der Waals surface area contributed by atoms with E-state index in [4.69, 9.17) is 35.6 Å². The van der Waals surface area contributed by atoms with Gasteiger partial charge in [-0.15, -0.1) is 5.10 Å². The lowest BCUT2D eigenvalue weighted by Crippen LogP contribution is -2.64. The number of amides is 1. The Morgan fingerprint density at radius 2 is 1.63 bits per heavy atom. The van der Waals surface area contributed by atoms with Crippen LogP contribution in [0.2, 0.25) is 0 Å². The van der Waals surface area contributed by atoms with E-state index >= 15 is 0 Å². The molecule has 5 atom stereocenters. The Balaban J connectivity index is 2.10. The molecule has 1 aliphatic rings. The number of benzene rings is 1. The van der Waals surface area contributed by atoms with Crippen LogP contribution in [0.3, 0.4) is 0 Å². The van der Waals surface area contributed by atoms with E-state index in [2.05, 4.69) is 10.4 Å². The molecule has 1 saturated heterocycles. The van der Waals surface area contributed by atoms with Gasteiger partial charge in [0, 0.05) is 33.3 Å². The Bertz CT molecular complexity index is 1150. The molecule has 1 aromatic heterocycles. The van der Waals surface area contributed by atoms with Crippen molar-refractivity contribution in [2.75, 3.05) is 6.61 Å². The summed E-state index contributed by atoms with van der Waals surface area (Å²) in [5.74, 6) is -2.32. The molecule has 1 aromatic carbocycles. The minimum Gasteiger partial charge on any atom is -0.463 e. The zero-order valence-corrected chi connectivity index (χ0v) is 20.3. The first-order valence-electron chi connectivity index (χ1n) is 10.6. The second kappa shape index (κ2) is 11.2. The number of carbonyl (C=O) groups is 4. The van der Waals surface area contributed by atoms with E-state index in [1.54, 1.807) is 24.3 Å². The van der Waals surface area contributed by atoms with Crippen molar-refractivity contribution in [2.24, 2.45) is 0 Å². The second-order valence-electron chi connectivity index (χ2n) is 7.73. The Hall–Kier alpha value is -3.58. The van der Waals surface area contributed by atoms with E-state index < -0.39 is 54.4 Å². The fourth-order valence-electron chi connectivity index (χ4n) is 3.66. The predicted octanol–water partition coefficient (Wildman–Crippen LogP) is 1.70. The summed E-state index contributed by atoms with van der Waals surface area (Å²) >= 11 is 5.35. The lowest BCUT2D eigenvalue weighted by atomic mass is 9.95.